The molecular formula is C27H28N6O2S2. The number of aromatic nitrogens is 3. The fourth-order valence-electron chi connectivity index (χ4n) is 4.91. The van der Waals surface area contributed by atoms with Crippen molar-refractivity contribution in [1.29, 1.82) is 0 Å². The first-order valence-electron chi connectivity index (χ1n) is 11.9. The van der Waals surface area contributed by atoms with Crippen LogP contribution >= 0.6 is 23.6 Å². The molecular weight excluding hydrogens is 504 g/mol. The highest BCUT2D eigenvalue weighted by molar-refractivity contribution is 7.80. The molecule has 0 bridgehead atoms. The zero-order chi connectivity index (χ0) is 26.1. The fraction of sp³-hybridized carbons (Fsp3) is 0.259. The smallest absolute Gasteiger partial charge is 0.250 e. The van der Waals surface area contributed by atoms with Gasteiger partial charge in [-0.15, -0.1) is 11.3 Å². The molecule has 5 rings (SSSR count). The van der Waals surface area contributed by atoms with Crippen molar-refractivity contribution in [3.05, 3.63) is 88.4 Å². The second-order valence-electron chi connectivity index (χ2n) is 8.95. The number of carbonyl (C=O) groups excluding carboxylic acids is 1. The first-order valence-corrected chi connectivity index (χ1v) is 13.2. The quantitative estimate of drug-likeness (QED) is 0.324. The average Bonchev–Trinajstić information content (AvgIpc) is 3.59. The zero-order valence-corrected chi connectivity index (χ0v) is 22.7. The van der Waals surface area contributed by atoms with E-state index in [1.807, 2.05) is 54.9 Å². The van der Waals surface area contributed by atoms with Crippen molar-refractivity contribution in [3.8, 4) is 5.13 Å². The van der Waals surface area contributed by atoms with E-state index in [4.69, 9.17) is 17.0 Å². The molecule has 3 aromatic heterocycles. The summed E-state index contributed by atoms with van der Waals surface area (Å²) in [7, 11) is 1.50. The summed E-state index contributed by atoms with van der Waals surface area (Å²) >= 11 is 7.51. The lowest BCUT2D eigenvalue weighted by molar-refractivity contribution is -0.119. The highest BCUT2D eigenvalue weighted by Gasteiger charge is 2.42. The molecule has 1 aliphatic rings. The van der Waals surface area contributed by atoms with Crippen LogP contribution in [0.5, 0.6) is 0 Å². The van der Waals surface area contributed by atoms with Crippen LogP contribution in [-0.2, 0) is 9.53 Å². The van der Waals surface area contributed by atoms with Crippen LogP contribution in [0.3, 0.4) is 0 Å². The molecule has 8 nitrogen and oxygen atoms in total. The summed E-state index contributed by atoms with van der Waals surface area (Å²) in [5, 5.41) is 9.97. The van der Waals surface area contributed by atoms with Crippen LogP contribution in [0.4, 0.5) is 11.4 Å². The molecule has 0 radical (unpaired) electrons. The Morgan fingerprint density at radius 2 is 2.00 bits per heavy atom. The van der Waals surface area contributed by atoms with Gasteiger partial charge in [0.05, 0.1) is 17.8 Å². The minimum absolute atomic E-state index is 0.00384. The molecule has 4 heterocycles. The summed E-state index contributed by atoms with van der Waals surface area (Å²) < 4.78 is 7.13. The molecule has 2 N–H and O–H groups in total. The van der Waals surface area contributed by atoms with Crippen LogP contribution in [0, 0.1) is 20.8 Å². The van der Waals surface area contributed by atoms with Crippen LogP contribution in [-0.4, -0.2) is 39.3 Å². The Balaban J connectivity index is 1.60. The number of nitrogens with zero attached hydrogens (tertiary/aromatic N) is 4. The second-order valence-corrected chi connectivity index (χ2v) is 10.2. The second kappa shape index (κ2) is 10.4. The van der Waals surface area contributed by atoms with E-state index in [1.54, 1.807) is 17.5 Å². The van der Waals surface area contributed by atoms with Gasteiger partial charge in [0.15, 0.2) is 10.2 Å². The third-order valence-electron chi connectivity index (χ3n) is 6.54. The molecule has 0 saturated carbocycles. The van der Waals surface area contributed by atoms with Gasteiger partial charge >= 0.3 is 0 Å². The van der Waals surface area contributed by atoms with Gasteiger partial charge in [-0.25, -0.2) is 4.98 Å². The number of benzene rings is 1. The molecule has 37 heavy (non-hydrogen) atoms. The Kier molecular flexibility index (Phi) is 7.05. The number of ether oxygens (including phenoxy) is 1. The van der Waals surface area contributed by atoms with Crippen molar-refractivity contribution in [2.24, 2.45) is 0 Å². The molecule has 1 aliphatic heterocycles. The van der Waals surface area contributed by atoms with Gasteiger partial charge in [-0.1, -0.05) is 6.07 Å². The van der Waals surface area contributed by atoms with Gasteiger partial charge in [-0.2, -0.15) is 0 Å². The number of nitrogens with one attached hydrogen (secondary N) is 2. The Morgan fingerprint density at radius 1 is 1.16 bits per heavy atom. The zero-order valence-electron chi connectivity index (χ0n) is 21.1. The van der Waals surface area contributed by atoms with E-state index in [1.165, 1.54) is 7.11 Å². The number of anilines is 2. The third kappa shape index (κ3) is 4.75. The number of pyridine rings is 1. The van der Waals surface area contributed by atoms with Crippen LogP contribution < -0.4 is 15.5 Å². The molecule has 1 amide bonds. The monoisotopic (exact) mass is 532 g/mol. The van der Waals surface area contributed by atoms with E-state index in [9.17, 15) is 4.79 Å². The maximum atomic E-state index is 12.1. The van der Waals surface area contributed by atoms with Gasteiger partial charge in [0.25, 0.3) is 0 Å². The highest BCUT2D eigenvalue weighted by atomic mass is 32.1. The minimum atomic E-state index is -0.195. The number of rotatable bonds is 7. The Hall–Kier alpha value is -3.60. The molecule has 10 heteroatoms. The minimum Gasteiger partial charge on any atom is -0.375 e. The third-order valence-corrected chi connectivity index (χ3v) is 7.61. The number of thiocarbonyl (C=S) groups is 1. The lowest BCUT2D eigenvalue weighted by Gasteiger charge is -2.28. The summed E-state index contributed by atoms with van der Waals surface area (Å²) in [6.07, 6.45) is 3.63. The van der Waals surface area contributed by atoms with Crippen LogP contribution in [0.2, 0.25) is 0 Å². The summed E-state index contributed by atoms with van der Waals surface area (Å²) in [6.45, 7) is 6.20. The van der Waals surface area contributed by atoms with E-state index in [0.717, 1.165) is 44.7 Å². The molecule has 190 valence electrons. The van der Waals surface area contributed by atoms with Crippen molar-refractivity contribution in [2.45, 2.75) is 32.9 Å². The maximum Gasteiger partial charge on any atom is 0.250 e. The van der Waals surface area contributed by atoms with E-state index < -0.39 is 0 Å². The van der Waals surface area contributed by atoms with Crippen LogP contribution in [0.1, 0.15) is 40.3 Å². The lowest BCUT2D eigenvalue weighted by atomic mass is 9.96. The van der Waals surface area contributed by atoms with Crippen LogP contribution in [0.25, 0.3) is 5.13 Å². The van der Waals surface area contributed by atoms with E-state index in [0.29, 0.717) is 5.11 Å². The Morgan fingerprint density at radius 3 is 2.68 bits per heavy atom. The van der Waals surface area contributed by atoms with Gasteiger partial charge < -0.3 is 20.3 Å². The number of hydrogen-bond donors (Lipinski definition) is 2. The van der Waals surface area contributed by atoms with Crippen molar-refractivity contribution in [1.82, 2.24) is 19.9 Å². The van der Waals surface area contributed by atoms with Crippen molar-refractivity contribution < 1.29 is 9.53 Å². The number of hydrogen-bond acceptors (Lipinski definition) is 6. The van der Waals surface area contributed by atoms with Gasteiger partial charge in [0, 0.05) is 47.6 Å². The van der Waals surface area contributed by atoms with Crippen molar-refractivity contribution in [3.63, 3.8) is 0 Å². The van der Waals surface area contributed by atoms with E-state index in [2.05, 4.69) is 50.0 Å². The van der Waals surface area contributed by atoms with Gasteiger partial charge in [-0.3, -0.25) is 14.3 Å². The Labute approximate surface area is 225 Å². The molecule has 1 saturated heterocycles. The number of aryl methyl sites for hydroxylation is 2. The molecule has 1 fully saturated rings. The van der Waals surface area contributed by atoms with Gasteiger partial charge in [0.1, 0.15) is 6.61 Å². The number of thiazole rings is 1. The number of methoxy groups -OCH3 is 1. The molecule has 2 atom stereocenters. The van der Waals surface area contributed by atoms with Gasteiger partial charge in [0.2, 0.25) is 5.91 Å². The lowest BCUT2D eigenvalue weighted by Crippen LogP contribution is -2.29. The first kappa shape index (κ1) is 25.1. The topological polar surface area (TPSA) is 84.3 Å². The molecule has 0 unspecified atom stereocenters. The first-order chi connectivity index (χ1) is 17.9. The number of amides is 1. The van der Waals surface area contributed by atoms with Crippen molar-refractivity contribution in [2.75, 3.05) is 23.9 Å². The number of carbonyl (C=O) groups is 1. The summed E-state index contributed by atoms with van der Waals surface area (Å²) in [6, 6.07) is 13.8. The van der Waals surface area contributed by atoms with Crippen LogP contribution in [0.15, 0.2) is 60.2 Å². The average molecular weight is 533 g/mol. The molecule has 4 aromatic rings. The summed E-state index contributed by atoms with van der Waals surface area (Å²) in [5.41, 5.74) is 6.87. The highest BCUT2D eigenvalue weighted by Crippen LogP contribution is 2.44. The fourth-order valence-corrected chi connectivity index (χ4v) is 6.01. The molecule has 0 spiro atoms. The predicted octanol–water partition coefficient (Wildman–Crippen LogP) is 5.02. The van der Waals surface area contributed by atoms with Gasteiger partial charge in [-0.05, 0) is 80.5 Å². The molecule has 0 aliphatic carbocycles. The van der Waals surface area contributed by atoms with Crippen molar-refractivity contribution >= 4 is 45.9 Å². The van der Waals surface area contributed by atoms with E-state index >= 15 is 0 Å². The summed E-state index contributed by atoms with van der Waals surface area (Å²) in [4.78, 5) is 23.4. The SMILES string of the molecule is COCC(=O)Nc1ccc(N2C(=S)N[C@H](c3ccccn3)[C@H]2c2cc(C)n(-c3nccs3)c2C)cc1C. The maximum absolute atomic E-state index is 12.1. The molecule has 1 aromatic carbocycles. The normalized spacial score (nSPS) is 17.2. The largest absolute Gasteiger partial charge is 0.375 e. The standard InChI is InChI=1S/C27H28N6O2S2/c1-16-13-19(8-9-21(16)30-23(34)15-35-4)33-25(24(31-26(33)36)22-7-5-6-10-28-22)20-14-17(2)32(18(20)3)27-29-11-12-37-27/h5-14,24-25H,15H2,1-4H3,(H,30,34)(H,31,36)/t24-,25-/m1/s1. The Bertz CT molecular complexity index is 1430. The van der Waals surface area contributed by atoms with E-state index in [-0.39, 0.29) is 24.6 Å². The predicted molar refractivity (Wildman–Crippen MR) is 151 cm³/mol. The summed E-state index contributed by atoms with van der Waals surface area (Å²) in [5.74, 6) is -0.195.